The number of ketones is 1. The number of hydrogen-bond acceptors (Lipinski definition) is 12. The topological polar surface area (TPSA) is 232 Å². The lowest BCUT2D eigenvalue weighted by Crippen LogP contribution is -2.45. The number of carbonyl (C=O) groups is 7. The number of imide groups is 1. The number of ether oxygens (including phenoxy) is 2. The van der Waals surface area contributed by atoms with E-state index in [4.69, 9.17) is 14.5 Å². The van der Waals surface area contributed by atoms with E-state index in [2.05, 4.69) is 16.0 Å². The third-order valence-corrected chi connectivity index (χ3v) is 12.2. The van der Waals surface area contributed by atoms with Crippen LogP contribution in [0.3, 0.4) is 0 Å². The van der Waals surface area contributed by atoms with Gasteiger partial charge in [0, 0.05) is 66.8 Å². The van der Waals surface area contributed by atoms with E-state index in [1.807, 2.05) is 0 Å². The molecular formula is C45H55FN6O11. The number of likely N-dealkylation sites (tertiary alicyclic amines) is 1. The molecule has 5 heterocycles. The van der Waals surface area contributed by atoms with Gasteiger partial charge in [-0.3, -0.25) is 38.5 Å². The summed E-state index contributed by atoms with van der Waals surface area (Å²) in [5.74, 6) is -4.69. The van der Waals surface area contributed by atoms with Crippen LogP contribution in [0.2, 0.25) is 0 Å². The predicted octanol–water partition coefficient (Wildman–Crippen LogP) is 2.93. The molecule has 5 amide bonds. The molecule has 0 aliphatic carbocycles. The van der Waals surface area contributed by atoms with Crippen molar-refractivity contribution < 1.29 is 52.5 Å². The number of amides is 5. The van der Waals surface area contributed by atoms with Crippen LogP contribution in [0.25, 0.3) is 22.3 Å². The normalized spacial score (nSPS) is 18.8. The standard InChI is InChI=1S/C45H55FN6O11/c1-7-45(61)31-16-34-40-27(19-52(34)43(59)30(31)20-63-44(45)60)15-28-29(26(6)32(46)17-33(28)49-40)18-47-37(55)21-62-22-48-41(57)24(4)13-35(53)39(23(2)3)50-36(54)11-9-8-10-12-51-38(56)14-25(5)42(51)58/h15-17,23-25,39,61H,7-14,18-22H2,1-6H3,(H,47,55)(H,48,57)(H,50,54)/t24-,25?,39+,45+/m1/s1. The molecule has 18 heteroatoms. The van der Waals surface area contributed by atoms with Crippen LogP contribution in [0, 0.1) is 30.5 Å². The highest BCUT2D eigenvalue weighted by Crippen LogP contribution is 2.39. The van der Waals surface area contributed by atoms with Crippen molar-refractivity contribution in [2.75, 3.05) is 19.9 Å². The Kier molecular flexibility index (Phi) is 14.2. The van der Waals surface area contributed by atoms with Gasteiger partial charge in [-0.05, 0) is 55.4 Å². The molecule has 3 aliphatic rings. The smallest absolute Gasteiger partial charge is 0.343 e. The molecule has 4 atom stereocenters. The van der Waals surface area contributed by atoms with Gasteiger partial charge in [-0.15, -0.1) is 0 Å². The Morgan fingerprint density at radius 3 is 2.48 bits per heavy atom. The van der Waals surface area contributed by atoms with Gasteiger partial charge < -0.3 is 35.1 Å². The van der Waals surface area contributed by atoms with Crippen molar-refractivity contribution in [3.8, 4) is 11.4 Å². The minimum absolute atomic E-state index is 0.00976. The fourth-order valence-corrected chi connectivity index (χ4v) is 8.37. The van der Waals surface area contributed by atoms with Gasteiger partial charge >= 0.3 is 5.97 Å². The first-order valence-corrected chi connectivity index (χ1v) is 21.4. The number of pyridine rings is 2. The number of esters is 1. The third kappa shape index (κ3) is 9.71. The van der Waals surface area contributed by atoms with Crippen molar-refractivity contribution in [3.05, 3.63) is 62.2 Å². The maximum Gasteiger partial charge on any atom is 0.343 e. The van der Waals surface area contributed by atoms with E-state index in [0.29, 0.717) is 53.7 Å². The molecule has 1 saturated heterocycles. The third-order valence-electron chi connectivity index (χ3n) is 12.2. The molecule has 0 bridgehead atoms. The number of halogens is 1. The second-order valence-corrected chi connectivity index (χ2v) is 17.1. The van der Waals surface area contributed by atoms with Gasteiger partial charge in [0.05, 0.1) is 35.1 Å². The largest absolute Gasteiger partial charge is 0.458 e. The molecule has 2 aromatic heterocycles. The maximum absolute atomic E-state index is 15.3. The highest BCUT2D eigenvalue weighted by molar-refractivity contribution is 6.03. The summed E-state index contributed by atoms with van der Waals surface area (Å²) in [5, 5.41) is 19.8. The predicted molar refractivity (Wildman–Crippen MR) is 225 cm³/mol. The summed E-state index contributed by atoms with van der Waals surface area (Å²) in [4.78, 5) is 108. The average Bonchev–Trinajstić information content (AvgIpc) is 3.72. The van der Waals surface area contributed by atoms with E-state index in [1.165, 1.54) is 15.5 Å². The van der Waals surface area contributed by atoms with Crippen LogP contribution in [0.4, 0.5) is 4.39 Å². The van der Waals surface area contributed by atoms with Crippen LogP contribution in [0.5, 0.6) is 0 Å². The quantitative estimate of drug-likeness (QED) is 0.0461. The summed E-state index contributed by atoms with van der Waals surface area (Å²) in [6.07, 6.45) is 1.97. The zero-order chi connectivity index (χ0) is 45.9. The number of cyclic esters (lactones) is 1. The number of nitrogens with one attached hydrogen (secondary N) is 3. The Labute approximate surface area is 363 Å². The van der Waals surface area contributed by atoms with Crippen molar-refractivity contribution in [2.45, 2.75) is 118 Å². The SMILES string of the molecule is CC[C@@]1(O)C(=O)OCc2c1cc1n(c2=O)Cc2cc3c(CNC(=O)COCNC(=O)[C@H](C)CC(=O)[C@@H](NC(=O)CCCCCN4C(=O)CC(C)C4=O)C(C)C)c(C)c(F)cc3nc2-1. The van der Waals surface area contributed by atoms with Gasteiger partial charge in [0.2, 0.25) is 29.5 Å². The number of fused-ring (bicyclic) bond motifs is 5. The van der Waals surface area contributed by atoms with Gasteiger partial charge in [-0.25, -0.2) is 14.2 Å². The zero-order valence-electron chi connectivity index (χ0n) is 36.5. The highest BCUT2D eigenvalue weighted by Gasteiger charge is 2.45. The minimum atomic E-state index is -1.99. The van der Waals surface area contributed by atoms with Gasteiger partial charge in [-0.1, -0.05) is 41.0 Å². The van der Waals surface area contributed by atoms with Crippen LogP contribution in [-0.2, 0) is 68.3 Å². The molecule has 63 heavy (non-hydrogen) atoms. The number of nitrogens with zero attached hydrogens (tertiary/aromatic N) is 3. The van der Waals surface area contributed by atoms with Crippen molar-refractivity contribution >= 4 is 52.2 Å². The van der Waals surface area contributed by atoms with E-state index < -0.39 is 53.3 Å². The van der Waals surface area contributed by atoms with E-state index in [1.54, 1.807) is 53.7 Å². The summed E-state index contributed by atoms with van der Waals surface area (Å²) in [7, 11) is 0. The van der Waals surface area contributed by atoms with Crippen LogP contribution in [0.1, 0.15) is 107 Å². The molecule has 17 nitrogen and oxygen atoms in total. The van der Waals surface area contributed by atoms with Crippen LogP contribution >= 0.6 is 0 Å². The van der Waals surface area contributed by atoms with E-state index in [-0.39, 0.29) is 110 Å². The van der Waals surface area contributed by atoms with Gasteiger partial charge in [0.1, 0.15) is 25.8 Å². The van der Waals surface area contributed by atoms with Gasteiger partial charge in [-0.2, -0.15) is 0 Å². The number of rotatable bonds is 19. The number of aromatic nitrogens is 2. The number of carbonyl (C=O) groups excluding carboxylic acids is 7. The first-order chi connectivity index (χ1) is 29.9. The van der Waals surface area contributed by atoms with Gasteiger partial charge in [0.25, 0.3) is 5.56 Å². The Hall–Kier alpha value is -5.88. The first kappa shape index (κ1) is 46.6. The highest BCUT2D eigenvalue weighted by atomic mass is 19.1. The first-order valence-electron chi connectivity index (χ1n) is 21.4. The molecule has 1 aromatic carbocycles. The summed E-state index contributed by atoms with van der Waals surface area (Å²) in [5.41, 5.74) is 0.374. The fourth-order valence-electron chi connectivity index (χ4n) is 8.37. The second-order valence-electron chi connectivity index (χ2n) is 17.1. The lowest BCUT2D eigenvalue weighted by Gasteiger charge is -2.31. The Balaban J connectivity index is 0.965. The van der Waals surface area contributed by atoms with Crippen molar-refractivity contribution in [1.29, 1.82) is 0 Å². The summed E-state index contributed by atoms with van der Waals surface area (Å²) in [6.45, 7) is 9.40. The molecule has 338 valence electrons. The monoisotopic (exact) mass is 874 g/mol. The number of aliphatic hydroxyl groups is 1. The maximum atomic E-state index is 15.3. The molecule has 0 radical (unpaired) electrons. The molecule has 3 aromatic rings. The Morgan fingerprint density at radius 2 is 1.79 bits per heavy atom. The van der Waals surface area contributed by atoms with Crippen LogP contribution < -0.4 is 21.5 Å². The van der Waals surface area contributed by atoms with E-state index in [9.17, 15) is 43.5 Å². The second kappa shape index (κ2) is 19.2. The molecule has 1 unspecified atom stereocenters. The summed E-state index contributed by atoms with van der Waals surface area (Å²) < 4.78 is 27.3. The van der Waals surface area contributed by atoms with Crippen molar-refractivity contribution in [1.82, 2.24) is 30.4 Å². The lowest BCUT2D eigenvalue weighted by molar-refractivity contribution is -0.172. The Morgan fingerprint density at radius 1 is 1.05 bits per heavy atom. The lowest BCUT2D eigenvalue weighted by atomic mass is 9.86. The number of hydrogen-bond donors (Lipinski definition) is 4. The zero-order valence-corrected chi connectivity index (χ0v) is 36.5. The van der Waals surface area contributed by atoms with E-state index >= 15 is 4.39 Å². The molecule has 6 rings (SSSR count). The van der Waals surface area contributed by atoms with E-state index in [0.717, 1.165) is 0 Å². The van der Waals surface area contributed by atoms with Crippen LogP contribution in [0.15, 0.2) is 23.0 Å². The molecular weight excluding hydrogens is 820 g/mol. The number of Topliss-reactive ketones (excluding diaryl/α,β-unsaturated/α-hetero) is 1. The Bertz CT molecular complexity index is 2430. The molecule has 0 spiro atoms. The minimum Gasteiger partial charge on any atom is -0.458 e. The van der Waals surface area contributed by atoms with Gasteiger partial charge in [0.15, 0.2) is 11.4 Å². The number of unbranched alkanes of at least 4 members (excludes halogenated alkanes) is 2. The van der Waals surface area contributed by atoms with Crippen molar-refractivity contribution in [2.24, 2.45) is 17.8 Å². The molecule has 0 saturated carbocycles. The number of benzene rings is 1. The average molecular weight is 875 g/mol. The van der Waals surface area contributed by atoms with Crippen LogP contribution in [-0.4, -0.2) is 86.8 Å². The fraction of sp³-hybridized carbons (Fsp3) is 0.533. The molecule has 1 fully saturated rings. The summed E-state index contributed by atoms with van der Waals surface area (Å²) >= 11 is 0. The summed E-state index contributed by atoms with van der Waals surface area (Å²) in [6, 6.07) is 3.83. The molecule has 3 aliphatic heterocycles. The van der Waals surface area contributed by atoms with Crippen molar-refractivity contribution in [3.63, 3.8) is 0 Å². The molecule has 4 N–H and O–H groups in total.